The third kappa shape index (κ3) is 3.28. The van der Waals surface area contributed by atoms with Gasteiger partial charge in [0.25, 0.3) is 0 Å². The summed E-state index contributed by atoms with van der Waals surface area (Å²) in [6, 6.07) is 14.2. The summed E-state index contributed by atoms with van der Waals surface area (Å²) in [7, 11) is 0. The van der Waals surface area contributed by atoms with Gasteiger partial charge in [0, 0.05) is 11.3 Å². The molecule has 19 heavy (non-hydrogen) atoms. The number of nitrogens with two attached hydrogens (primary N) is 1. The van der Waals surface area contributed by atoms with Gasteiger partial charge in [0.2, 0.25) is 0 Å². The van der Waals surface area contributed by atoms with Crippen LogP contribution in [0.2, 0.25) is 0 Å². The number of benzene rings is 2. The first-order valence-electron chi connectivity index (χ1n) is 6.64. The molecule has 2 heteroatoms. The smallest absolute Gasteiger partial charge is 0.123 e. The van der Waals surface area contributed by atoms with Gasteiger partial charge in [-0.05, 0) is 36.1 Å². The quantitative estimate of drug-likeness (QED) is 0.828. The van der Waals surface area contributed by atoms with E-state index in [0.717, 1.165) is 17.0 Å². The number of hydrogen-bond acceptors (Lipinski definition) is 2. The molecule has 100 valence electrons. The second-order valence-electron chi connectivity index (χ2n) is 5.18. The first-order chi connectivity index (χ1) is 9.08. The molecule has 0 saturated heterocycles. The molecule has 0 amide bonds. The van der Waals surface area contributed by atoms with Crippen LogP contribution in [-0.2, 0) is 6.61 Å². The van der Waals surface area contributed by atoms with E-state index >= 15 is 0 Å². The number of nitrogen functional groups attached to an aromatic ring is 1. The SMILES string of the molecule is Cc1ccc(C(C)C)c(OCc2ccccc2N)c1. The van der Waals surface area contributed by atoms with Gasteiger partial charge < -0.3 is 10.5 Å². The third-order valence-electron chi connectivity index (χ3n) is 3.23. The third-order valence-corrected chi connectivity index (χ3v) is 3.23. The van der Waals surface area contributed by atoms with Gasteiger partial charge in [-0.25, -0.2) is 0 Å². The number of para-hydroxylation sites is 1. The summed E-state index contributed by atoms with van der Waals surface area (Å²) < 4.78 is 5.97. The Labute approximate surface area is 115 Å². The average Bonchev–Trinajstić information content (AvgIpc) is 2.37. The molecule has 0 atom stereocenters. The van der Waals surface area contributed by atoms with Crippen LogP contribution in [-0.4, -0.2) is 0 Å². The molecular formula is C17H21NO. The van der Waals surface area contributed by atoms with Crippen molar-refractivity contribution in [1.82, 2.24) is 0 Å². The van der Waals surface area contributed by atoms with Crippen molar-refractivity contribution in [3.05, 3.63) is 59.2 Å². The van der Waals surface area contributed by atoms with Crippen molar-refractivity contribution in [2.75, 3.05) is 5.73 Å². The summed E-state index contributed by atoms with van der Waals surface area (Å²) in [5.41, 5.74) is 10.2. The maximum Gasteiger partial charge on any atom is 0.123 e. The van der Waals surface area contributed by atoms with Crippen LogP contribution < -0.4 is 10.5 Å². The normalized spacial score (nSPS) is 10.7. The second kappa shape index (κ2) is 5.79. The molecule has 0 aromatic heterocycles. The zero-order valence-corrected chi connectivity index (χ0v) is 11.8. The van der Waals surface area contributed by atoms with E-state index in [2.05, 4.69) is 39.0 Å². The Hall–Kier alpha value is -1.96. The number of anilines is 1. The van der Waals surface area contributed by atoms with Crippen molar-refractivity contribution in [2.24, 2.45) is 0 Å². The number of hydrogen-bond donors (Lipinski definition) is 1. The van der Waals surface area contributed by atoms with E-state index < -0.39 is 0 Å². The van der Waals surface area contributed by atoms with Crippen molar-refractivity contribution in [3.63, 3.8) is 0 Å². The van der Waals surface area contributed by atoms with Crippen LogP contribution in [0.15, 0.2) is 42.5 Å². The molecule has 2 nitrogen and oxygen atoms in total. The van der Waals surface area contributed by atoms with Crippen molar-refractivity contribution in [1.29, 1.82) is 0 Å². The van der Waals surface area contributed by atoms with Gasteiger partial charge in [-0.1, -0.05) is 44.2 Å². The molecule has 0 aliphatic carbocycles. The van der Waals surface area contributed by atoms with Crippen LogP contribution >= 0.6 is 0 Å². The van der Waals surface area contributed by atoms with E-state index in [1.807, 2.05) is 24.3 Å². The number of ether oxygens (including phenoxy) is 1. The summed E-state index contributed by atoms with van der Waals surface area (Å²) in [6.45, 7) is 6.94. The molecular weight excluding hydrogens is 234 g/mol. The monoisotopic (exact) mass is 255 g/mol. The lowest BCUT2D eigenvalue weighted by Gasteiger charge is -2.15. The molecule has 2 aromatic carbocycles. The largest absolute Gasteiger partial charge is 0.489 e. The van der Waals surface area contributed by atoms with Crippen LogP contribution in [0.4, 0.5) is 5.69 Å². The first kappa shape index (κ1) is 13.5. The molecule has 0 unspecified atom stereocenters. The summed E-state index contributed by atoms with van der Waals surface area (Å²) in [5, 5.41) is 0. The minimum absolute atomic E-state index is 0.448. The maximum absolute atomic E-state index is 5.97. The predicted molar refractivity (Wildman–Crippen MR) is 80.5 cm³/mol. The predicted octanol–water partition coefficient (Wildman–Crippen LogP) is 4.28. The van der Waals surface area contributed by atoms with Crippen LogP contribution in [0.3, 0.4) is 0 Å². The van der Waals surface area contributed by atoms with Gasteiger partial charge in [0.05, 0.1) is 0 Å². The highest BCUT2D eigenvalue weighted by Gasteiger charge is 2.08. The highest BCUT2D eigenvalue weighted by atomic mass is 16.5. The highest BCUT2D eigenvalue weighted by molar-refractivity contribution is 5.46. The Morgan fingerprint density at radius 2 is 1.84 bits per heavy atom. The Morgan fingerprint density at radius 1 is 1.11 bits per heavy atom. The van der Waals surface area contributed by atoms with Gasteiger partial charge in [-0.3, -0.25) is 0 Å². The second-order valence-corrected chi connectivity index (χ2v) is 5.18. The molecule has 2 aromatic rings. The van der Waals surface area contributed by atoms with Gasteiger partial charge in [-0.15, -0.1) is 0 Å². The lowest BCUT2D eigenvalue weighted by Crippen LogP contribution is -2.02. The summed E-state index contributed by atoms with van der Waals surface area (Å²) >= 11 is 0. The van der Waals surface area contributed by atoms with Crippen molar-refractivity contribution in [3.8, 4) is 5.75 Å². The zero-order chi connectivity index (χ0) is 13.8. The Morgan fingerprint density at radius 3 is 2.53 bits per heavy atom. The lowest BCUT2D eigenvalue weighted by atomic mass is 10.0. The molecule has 0 fully saturated rings. The molecule has 2 rings (SSSR count). The Kier molecular flexibility index (Phi) is 4.10. The van der Waals surface area contributed by atoms with Crippen LogP contribution in [0.5, 0.6) is 5.75 Å². The molecule has 0 bridgehead atoms. The lowest BCUT2D eigenvalue weighted by molar-refractivity contribution is 0.302. The molecule has 0 aliphatic heterocycles. The van der Waals surface area contributed by atoms with Gasteiger partial charge in [0.15, 0.2) is 0 Å². The summed E-state index contributed by atoms with van der Waals surface area (Å²) in [4.78, 5) is 0. The van der Waals surface area contributed by atoms with Gasteiger partial charge in [0.1, 0.15) is 12.4 Å². The molecule has 0 saturated carbocycles. The van der Waals surface area contributed by atoms with E-state index in [1.165, 1.54) is 11.1 Å². The van der Waals surface area contributed by atoms with Crippen LogP contribution in [0, 0.1) is 6.92 Å². The van der Waals surface area contributed by atoms with Crippen LogP contribution in [0.1, 0.15) is 36.5 Å². The molecule has 0 heterocycles. The fourth-order valence-corrected chi connectivity index (χ4v) is 2.06. The zero-order valence-electron chi connectivity index (χ0n) is 11.8. The Bertz CT molecular complexity index is 561. The van der Waals surface area contributed by atoms with Gasteiger partial charge >= 0.3 is 0 Å². The number of aryl methyl sites for hydroxylation is 1. The summed E-state index contributed by atoms with van der Waals surface area (Å²) in [5.74, 6) is 1.40. The van der Waals surface area contributed by atoms with Gasteiger partial charge in [-0.2, -0.15) is 0 Å². The van der Waals surface area contributed by atoms with Crippen molar-refractivity contribution < 1.29 is 4.74 Å². The van der Waals surface area contributed by atoms with Crippen LogP contribution in [0.25, 0.3) is 0 Å². The maximum atomic E-state index is 5.97. The molecule has 0 spiro atoms. The number of rotatable bonds is 4. The first-order valence-corrected chi connectivity index (χ1v) is 6.64. The fraction of sp³-hybridized carbons (Fsp3) is 0.294. The van der Waals surface area contributed by atoms with Crippen molar-refractivity contribution >= 4 is 5.69 Å². The van der Waals surface area contributed by atoms with E-state index in [0.29, 0.717) is 12.5 Å². The van der Waals surface area contributed by atoms with Crippen molar-refractivity contribution in [2.45, 2.75) is 33.3 Å². The van der Waals surface area contributed by atoms with E-state index in [4.69, 9.17) is 10.5 Å². The van der Waals surface area contributed by atoms with E-state index in [1.54, 1.807) is 0 Å². The summed E-state index contributed by atoms with van der Waals surface area (Å²) in [6.07, 6.45) is 0. The van der Waals surface area contributed by atoms with E-state index in [-0.39, 0.29) is 0 Å². The Balaban J connectivity index is 2.19. The molecule has 0 aliphatic rings. The highest BCUT2D eigenvalue weighted by Crippen LogP contribution is 2.28. The minimum Gasteiger partial charge on any atom is -0.489 e. The standard InChI is InChI=1S/C17H21NO/c1-12(2)15-9-8-13(3)10-17(15)19-11-14-6-4-5-7-16(14)18/h4-10,12H,11,18H2,1-3H3. The van der Waals surface area contributed by atoms with E-state index in [9.17, 15) is 0 Å². The molecule has 0 radical (unpaired) electrons. The molecule has 2 N–H and O–H groups in total. The minimum atomic E-state index is 0.448. The fourth-order valence-electron chi connectivity index (χ4n) is 2.06. The average molecular weight is 255 g/mol. The topological polar surface area (TPSA) is 35.2 Å².